The summed E-state index contributed by atoms with van der Waals surface area (Å²) in [5.41, 5.74) is 6.29. The third-order valence-electron chi connectivity index (χ3n) is 9.11. The van der Waals surface area contributed by atoms with E-state index in [0.717, 1.165) is 64.5 Å². The highest BCUT2D eigenvalue weighted by Crippen LogP contribution is 2.50. The molecule has 2 aromatic heterocycles. The lowest BCUT2D eigenvalue weighted by Crippen LogP contribution is -2.63. The van der Waals surface area contributed by atoms with Crippen LogP contribution in [0.15, 0.2) is 31.0 Å². The minimum absolute atomic E-state index is 0.0879. The second-order valence-corrected chi connectivity index (χ2v) is 12.0. The molecule has 6 rings (SSSR count). The number of benzene rings is 1. The van der Waals surface area contributed by atoms with Gasteiger partial charge in [-0.2, -0.15) is 10.4 Å². The van der Waals surface area contributed by atoms with Crippen molar-refractivity contribution < 1.29 is 9.18 Å². The van der Waals surface area contributed by atoms with E-state index in [4.69, 9.17) is 4.98 Å². The number of aromatic amines is 1. The smallest absolute Gasteiger partial charge is 0.245 e. The number of amides is 1. The van der Waals surface area contributed by atoms with Crippen molar-refractivity contribution in [3.05, 3.63) is 53.4 Å². The monoisotopic (exact) mass is 512 g/mol. The zero-order valence-corrected chi connectivity index (χ0v) is 22.3. The SMILES string of the molecule is C=CC(=O)N1CC2(CCN(c3nc4c(c(-c5c(C)ccc6[nH]ncc56)c3C#N)CCC(C)(C)C4)[C@H]2CF)C1. The molecule has 0 radical (unpaired) electrons. The molecule has 3 aliphatic rings. The lowest BCUT2D eigenvalue weighted by Gasteiger charge is -2.51. The molecule has 2 fully saturated rings. The average molecular weight is 513 g/mol. The van der Waals surface area contributed by atoms with Crippen LogP contribution in [0, 0.1) is 29.1 Å². The van der Waals surface area contributed by atoms with Crippen LogP contribution < -0.4 is 4.90 Å². The van der Waals surface area contributed by atoms with Gasteiger partial charge in [0.1, 0.15) is 24.1 Å². The van der Waals surface area contributed by atoms with Crippen LogP contribution in [-0.4, -0.2) is 58.3 Å². The summed E-state index contributed by atoms with van der Waals surface area (Å²) in [6, 6.07) is 6.14. The predicted molar refractivity (Wildman–Crippen MR) is 146 cm³/mol. The highest BCUT2D eigenvalue weighted by atomic mass is 19.1. The average Bonchev–Trinajstić information content (AvgIpc) is 3.50. The van der Waals surface area contributed by atoms with Gasteiger partial charge in [0.2, 0.25) is 5.91 Å². The summed E-state index contributed by atoms with van der Waals surface area (Å²) < 4.78 is 14.8. The van der Waals surface area contributed by atoms with E-state index in [2.05, 4.69) is 49.7 Å². The third kappa shape index (κ3) is 3.55. The number of hydrogen-bond donors (Lipinski definition) is 1. The Balaban J connectivity index is 1.54. The number of fused-ring (bicyclic) bond motifs is 2. The van der Waals surface area contributed by atoms with Crippen LogP contribution in [0.25, 0.3) is 22.0 Å². The van der Waals surface area contributed by atoms with E-state index in [0.29, 0.717) is 31.0 Å². The largest absolute Gasteiger partial charge is 0.349 e. The first-order chi connectivity index (χ1) is 18.2. The highest BCUT2D eigenvalue weighted by molar-refractivity contribution is 5.99. The van der Waals surface area contributed by atoms with Gasteiger partial charge < -0.3 is 9.80 Å². The summed E-state index contributed by atoms with van der Waals surface area (Å²) in [4.78, 5) is 21.1. The fourth-order valence-electron chi connectivity index (χ4n) is 6.99. The number of nitrogens with one attached hydrogen (secondary N) is 1. The van der Waals surface area contributed by atoms with E-state index in [1.165, 1.54) is 6.08 Å². The molecule has 0 bridgehead atoms. The number of nitrogens with zero attached hydrogens (tertiary/aromatic N) is 5. The molecule has 2 aliphatic heterocycles. The van der Waals surface area contributed by atoms with Gasteiger partial charge in [0.05, 0.1) is 17.8 Å². The number of anilines is 1. The Bertz CT molecular complexity index is 1510. The number of aromatic nitrogens is 3. The highest BCUT2D eigenvalue weighted by Gasteiger charge is 2.56. The molecule has 1 aromatic carbocycles. The first kappa shape index (κ1) is 24.6. The van der Waals surface area contributed by atoms with E-state index in [1.807, 2.05) is 17.2 Å². The number of alkyl halides is 1. The van der Waals surface area contributed by atoms with E-state index in [9.17, 15) is 14.4 Å². The molecule has 4 heterocycles. The van der Waals surface area contributed by atoms with Gasteiger partial charge in [0.25, 0.3) is 0 Å². The van der Waals surface area contributed by atoms with Gasteiger partial charge in [-0.25, -0.2) is 9.37 Å². The van der Waals surface area contributed by atoms with E-state index in [-0.39, 0.29) is 16.7 Å². The van der Waals surface area contributed by atoms with Gasteiger partial charge >= 0.3 is 0 Å². The summed E-state index contributed by atoms with van der Waals surface area (Å²) in [6.45, 7) is 11.2. The third-order valence-corrected chi connectivity index (χ3v) is 9.11. The molecule has 3 aromatic rings. The minimum Gasteiger partial charge on any atom is -0.349 e. The Hall–Kier alpha value is -3.73. The lowest BCUT2D eigenvalue weighted by atomic mass is 9.73. The number of likely N-dealkylation sites (tertiary alicyclic amines) is 1. The molecule has 196 valence electrons. The van der Waals surface area contributed by atoms with Gasteiger partial charge in [-0.15, -0.1) is 0 Å². The molecule has 1 spiro atoms. The number of aryl methyl sites for hydroxylation is 1. The van der Waals surface area contributed by atoms with Crippen LogP contribution in [0.1, 0.15) is 49.1 Å². The number of nitriles is 1. The number of carbonyl (C=O) groups is 1. The Morgan fingerprint density at radius 2 is 2.11 bits per heavy atom. The molecule has 38 heavy (non-hydrogen) atoms. The van der Waals surface area contributed by atoms with Crippen molar-refractivity contribution in [2.75, 3.05) is 31.2 Å². The normalized spacial score (nSPS) is 21.3. The van der Waals surface area contributed by atoms with Crippen molar-refractivity contribution in [1.82, 2.24) is 20.1 Å². The quantitative estimate of drug-likeness (QED) is 0.503. The number of pyridine rings is 1. The zero-order valence-electron chi connectivity index (χ0n) is 22.3. The maximum Gasteiger partial charge on any atom is 0.245 e. The number of halogens is 1. The first-order valence-corrected chi connectivity index (χ1v) is 13.3. The number of rotatable bonds is 4. The van der Waals surface area contributed by atoms with Gasteiger partial charge in [-0.05, 0) is 66.9 Å². The van der Waals surface area contributed by atoms with Crippen LogP contribution in [-0.2, 0) is 17.6 Å². The molecule has 7 nitrogen and oxygen atoms in total. The van der Waals surface area contributed by atoms with Crippen molar-refractivity contribution in [3.63, 3.8) is 0 Å². The Morgan fingerprint density at radius 1 is 1.32 bits per heavy atom. The number of H-pyrrole nitrogens is 1. The van der Waals surface area contributed by atoms with Crippen LogP contribution >= 0.6 is 0 Å². The Kier molecular flexibility index (Phi) is 5.60. The lowest BCUT2D eigenvalue weighted by molar-refractivity contribution is -0.138. The summed E-state index contributed by atoms with van der Waals surface area (Å²) >= 11 is 0. The number of hydrogen-bond acceptors (Lipinski definition) is 5. The maximum absolute atomic E-state index is 14.8. The van der Waals surface area contributed by atoms with Gasteiger partial charge in [-0.3, -0.25) is 9.89 Å². The van der Waals surface area contributed by atoms with Crippen LogP contribution in [0.5, 0.6) is 0 Å². The van der Waals surface area contributed by atoms with E-state index < -0.39 is 12.7 Å². The Labute approximate surface area is 222 Å². The first-order valence-electron chi connectivity index (χ1n) is 13.3. The van der Waals surface area contributed by atoms with Gasteiger partial charge in [0.15, 0.2) is 0 Å². The molecule has 1 aliphatic carbocycles. The molecule has 0 saturated carbocycles. The van der Waals surface area contributed by atoms with Crippen LogP contribution in [0.4, 0.5) is 10.2 Å². The summed E-state index contributed by atoms with van der Waals surface area (Å²) in [5.74, 6) is 0.455. The van der Waals surface area contributed by atoms with Gasteiger partial charge in [-0.1, -0.05) is 26.5 Å². The molecule has 1 amide bonds. The molecule has 0 unspecified atom stereocenters. The Morgan fingerprint density at radius 3 is 2.82 bits per heavy atom. The minimum atomic E-state index is -0.559. The molecular formula is C30H33FN6O. The van der Waals surface area contributed by atoms with Crippen LogP contribution in [0.3, 0.4) is 0 Å². The maximum atomic E-state index is 14.8. The molecule has 2 saturated heterocycles. The van der Waals surface area contributed by atoms with E-state index >= 15 is 0 Å². The predicted octanol–water partition coefficient (Wildman–Crippen LogP) is 4.88. The number of carbonyl (C=O) groups excluding carboxylic acids is 1. The molecular weight excluding hydrogens is 479 g/mol. The van der Waals surface area contributed by atoms with Crippen molar-refractivity contribution in [3.8, 4) is 17.2 Å². The topological polar surface area (TPSA) is 88.9 Å². The fraction of sp³-hybridized carbons (Fsp3) is 0.467. The zero-order chi connectivity index (χ0) is 26.8. The standard InChI is InChI=1S/C30H33FN6O/c1-5-25(38)36-16-30(17-36)10-11-37(24(30)13-31)28-20(14-32)27(19-8-9-29(3,4)12-23(19)34-28)26-18(2)6-7-22-21(26)15-33-35-22/h5-7,15,24H,1,8-13,16-17H2,2-4H3,(H,33,35)/t24-/m0/s1. The summed E-state index contributed by atoms with van der Waals surface area (Å²) in [7, 11) is 0. The second-order valence-electron chi connectivity index (χ2n) is 12.0. The van der Waals surface area contributed by atoms with Crippen molar-refractivity contribution in [1.29, 1.82) is 5.26 Å². The van der Waals surface area contributed by atoms with Crippen molar-refractivity contribution in [2.45, 2.75) is 52.5 Å². The van der Waals surface area contributed by atoms with Crippen LogP contribution in [0.2, 0.25) is 0 Å². The van der Waals surface area contributed by atoms with E-state index in [1.54, 1.807) is 4.90 Å². The van der Waals surface area contributed by atoms with Crippen molar-refractivity contribution in [2.24, 2.45) is 10.8 Å². The van der Waals surface area contributed by atoms with Crippen molar-refractivity contribution >= 4 is 22.6 Å². The molecule has 1 N–H and O–H groups in total. The van der Waals surface area contributed by atoms with Gasteiger partial charge in [0, 0.05) is 41.7 Å². The summed E-state index contributed by atoms with van der Waals surface area (Å²) in [6.07, 6.45) is 6.54. The fourth-order valence-corrected chi connectivity index (χ4v) is 6.99. The second kappa shape index (κ2) is 8.65. The molecule has 1 atom stereocenters. The molecule has 8 heteroatoms. The summed E-state index contributed by atoms with van der Waals surface area (Å²) in [5, 5.41) is 19.0.